The Bertz CT molecular complexity index is 524. The van der Waals surface area contributed by atoms with Crippen LogP contribution in [-0.4, -0.2) is 31.7 Å². The van der Waals surface area contributed by atoms with Crippen molar-refractivity contribution >= 4 is 15.5 Å². The number of nitrogens with one attached hydrogen (secondary N) is 1. The van der Waals surface area contributed by atoms with Gasteiger partial charge in [0.25, 0.3) is 9.84 Å². The van der Waals surface area contributed by atoms with Crippen LogP contribution in [0.15, 0.2) is 29.2 Å². The lowest BCUT2D eigenvalue weighted by molar-refractivity contribution is -0.0436. The second kappa shape index (κ2) is 6.45. The number of hydrogen-bond donors (Lipinski definition) is 2. The molecule has 0 aliphatic rings. The lowest BCUT2D eigenvalue weighted by atomic mass is 10.2. The van der Waals surface area contributed by atoms with E-state index >= 15 is 0 Å². The van der Waals surface area contributed by atoms with Gasteiger partial charge in [0, 0.05) is 12.2 Å². The minimum absolute atomic E-state index is 0.406. The Morgan fingerprint density at radius 1 is 1.25 bits per heavy atom. The smallest absolute Gasteiger partial charge is 0.393 e. The van der Waals surface area contributed by atoms with Crippen LogP contribution in [0.25, 0.3) is 0 Å². The summed E-state index contributed by atoms with van der Waals surface area (Å²) < 4.78 is 59.2. The van der Waals surface area contributed by atoms with Crippen LogP contribution < -0.4 is 5.32 Å². The Kier molecular flexibility index (Phi) is 5.41. The zero-order valence-corrected chi connectivity index (χ0v) is 11.6. The molecule has 0 saturated carbocycles. The predicted octanol–water partition coefficient (Wildman–Crippen LogP) is 2.55. The average molecular weight is 311 g/mol. The molecule has 20 heavy (non-hydrogen) atoms. The third-order valence-corrected chi connectivity index (χ3v) is 4.10. The van der Waals surface area contributed by atoms with Crippen molar-refractivity contribution in [2.24, 2.45) is 0 Å². The molecule has 0 heterocycles. The standard InChI is InChI=1S/C12H16F3NO3S/c1-9(17)3-2-8-16-10-4-6-11(7-5-10)20(18,19)12(13,14)15/h4-7,9,16-17H,2-3,8H2,1H3. The van der Waals surface area contributed by atoms with E-state index in [1.807, 2.05) is 0 Å². The van der Waals surface area contributed by atoms with E-state index in [4.69, 9.17) is 5.11 Å². The summed E-state index contributed by atoms with van der Waals surface area (Å²) in [4.78, 5) is -0.778. The van der Waals surface area contributed by atoms with Gasteiger partial charge in [-0.15, -0.1) is 0 Å². The fraction of sp³-hybridized carbons (Fsp3) is 0.500. The summed E-state index contributed by atoms with van der Waals surface area (Å²) in [6, 6.07) is 4.39. The molecule has 0 aliphatic carbocycles. The minimum Gasteiger partial charge on any atom is -0.393 e. The summed E-state index contributed by atoms with van der Waals surface area (Å²) in [7, 11) is -5.29. The van der Waals surface area contributed by atoms with Crippen molar-refractivity contribution in [1.82, 2.24) is 0 Å². The van der Waals surface area contributed by atoms with Crippen LogP contribution in [0.5, 0.6) is 0 Å². The molecule has 1 aromatic carbocycles. The largest absolute Gasteiger partial charge is 0.501 e. The van der Waals surface area contributed by atoms with Gasteiger partial charge >= 0.3 is 5.51 Å². The molecule has 0 fully saturated rings. The summed E-state index contributed by atoms with van der Waals surface area (Å²) in [5, 5.41) is 12.0. The van der Waals surface area contributed by atoms with Crippen molar-refractivity contribution < 1.29 is 26.7 Å². The molecule has 1 atom stereocenters. The van der Waals surface area contributed by atoms with Gasteiger partial charge in [-0.25, -0.2) is 8.42 Å². The molecule has 1 aromatic rings. The molecule has 4 nitrogen and oxygen atoms in total. The maximum atomic E-state index is 12.3. The Morgan fingerprint density at radius 2 is 1.80 bits per heavy atom. The van der Waals surface area contributed by atoms with E-state index in [2.05, 4.69) is 5.32 Å². The van der Waals surface area contributed by atoms with Gasteiger partial charge in [0.05, 0.1) is 11.0 Å². The van der Waals surface area contributed by atoms with Gasteiger partial charge in [-0.2, -0.15) is 13.2 Å². The molecule has 2 N–H and O–H groups in total. The lowest BCUT2D eigenvalue weighted by Crippen LogP contribution is -2.23. The topological polar surface area (TPSA) is 66.4 Å². The number of rotatable bonds is 6. The molecule has 0 bridgehead atoms. The Morgan fingerprint density at radius 3 is 2.25 bits per heavy atom. The van der Waals surface area contributed by atoms with Crippen molar-refractivity contribution in [1.29, 1.82) is 0 Å². The molecular formula is C12H16F3NO3S. The number of aliphatic hydroxyl groups excluding tert-OH is 1. The van der Waals surface area contributed by atoms with Gasteiger partial charge in [-0.3, -0.25) is 0 Å². The van der Waals surface area contributed by atoms with Crippen LogP contribution in [-0.2, 0) is 9.84 Å². The summed E-state index contributed by atoms with van der Waals surface area (Å²) in [6.07, 6.45) is 0.893. The molecule has 114 valence electrons. The van der Waals surface area contributed by atoms with E-state index in [0.717, 1.165) is 12.1 Å². The molecule has 1 unspecified atom stereocenters. The van der Waals surface area contributed by atoms with Crippen molar-refractivity contribution in [3.63, 3.8) is 0 Å². The number of benzene rings is 1. The van der Waals surface area contributed by atoms with Gasteiger partial charge in [-0.05, 0) is 44.0 Å². The Balaban J connectivity index is 2.66. The van der Waals surface area contributed by atoms with Gasteiger partial charge in [0.15, 0.2) is 0 Å². The molecule has 0 amide bonds. The maximum Gasteiger partial charge on any atom is 0.501 e. The second-order valence-corrected chi connectivity index (χ2v) is 6.33. The van der Waals surface area contributed by atoms with E-state index < -0.39 is 26.3 Å². The monoisotopic (exact) mass is 311 g/mol. The van der Waals surface area contributed by atoms with Crippen molar-refractivity contribution in [3.05, 3.63) is 24.3 Å². The average Bonchev–Trinajstić information content (AvgIpc) is 2.33. The fourth-order valence-electron chi connectivity index (χ4n) is 1.52. The number of aliphatic hydroxyl groups is 1. The molecule has 0 radical (unpaired) electrons. The Hall–Kier alpha value is -1.28. The van der Waals surface area contributed by atoms with Gasteiger partial charge in [-0.1, -0.05) is 0 Å². The zero-order valence-electron chi connectivity index (χ0n) is 10.8. The van der Waals surface area contributed by atoms with Crippen molar-refractivity contribution in [2.75, 3.05) is 11.9 Å². The van der Waals surface area contributed by atoms with Crippen LogP contribution in [0.4, 0.5) is 18.9 Å². The third-order valence-electron chi connectivity index (χ3n) is 2.60. The highest BCUT2D eigenvalue weighted by Crippen LogP contribution is 2.30. The molecule has 0 aromatic heterocycles. The highest BCUT2D eigenvalue weighted by molar-refractivity contribution is 7.92. The van der Waals surface area contributed by atoms with Gasteiger partial charge < -0.3 is 10.4 Å². The van der Waals surface area contributed by atoms with E-state index in [1.165, 1.54) is 12.1 Å². The van der Waals surface area contributed by atoms with E-state index in [-0.39, 0.29) is 0 Å². The first-order chi connectivity index (χ1) is 9.14. The number of halogens is 3. The Labute approximate surface area is 115 Å². The summed E-state index contributed by atoms with van der Waals surface area (Å²) in [5.41, 5.74) is -4.77. The van der Waals surface area contributed by atoms with Crippen LogP contribution in [0.1, 0.15) is 19.8 Å². The quantitative estimate of drug-likeness (QED) is 0.792. The molecule has 0 saturated heterocycles. The highest BCUT2D eigenvalue weighted by atomic mass is 32.2. The SMILES string of the molecule is CC(O)CCCNc1ccc(S(=O)(=O)C(F)(F)F)cc1. The fourth-order valence-corrected chi connectivity index (χ4v) is 2.28. The van der Waals surface area contributed by atoms with Crippen LogP contribution in [0, 0.1) is 0 Å². The summed E-state index contributed by atoms with van der Waals surface area (Å²) in [5.74, 6) is 0. The number of anilines is 1. The van der Waals surface area contributed by atoms with Crippen molar-refractivity contribution in [3.8, 4) is 0 Å². The number of sulfone groups is 1. The van der Waals surface area contributed by atoms with E-state index in [9.17, 15) is 21.6 Å². The highest BCUT2D eigenvalue weighted by Gasteiger charge is 2.46. The van der Waals surface area contributed by atoms with E-state index in [0.29, 0.717) is 25.1 Å². The van der Waals surface area contributed by atoms with Gasteiger partial charge in [0.2, 0.25) is 0 Å². The van der Waals surface area contributed by atoms with Gasteiger partial charge in [0.1, 0.15) is 0 Å². The molecule has 0 spiro atoms. The first-order valence-electron chi connectivity index (χ1n) is 5.98. The molecule has 8 heteroatoms. The first kappa shape index (κ1) is 16.8. The predicted molar refractivity (Wildman–Crippen MR) is 69.1 cm³/mol. The minimum atomic E-state index is -5.29. The maximum absolute atomic E-state index is 12.3. The second-order valence-electron chi connectivity index (χ2n) is 4.39. The molecule has 1 rings (SSSR count). The zero-order chi connectivity index (χ0) is 15.4. The van der Waals surface area contributed by atoms with Crippen molar-refractivity contribution in [2.45, 2.75) is 36.3 Å². The first-order valence-corrected chi connectivity index (χ1v) is 7.46. The molecule has 0 aliphatic heterocycles. The summed E-state index contributed by atoms with van der Waals surface area (Å²) in [6.45, 7) is 2.20. The van der Waals surface area contributed by atoms with Crippen LogP contribution in [0.3, 0.4) is 0 Å². The lowest BCUT2D eigenvalue weighted by Gasteiger charge is -2.10. The van der Waals surface area contributed by atoms with Crippen LogP contribution >= 0.6 is 0 Å². The van der Waals surface area contributed by atoms with E-state index in [1.54, 1.807) is 6.92 Å². The number of hydrogen-bond acceptors (Lipinski definition) is 4. The molecular weight excluding hydrogens is 295 g/mol. The van der Waals surface area contributed by atoms with Crippen LogP contribution in [0.2, 0.25) is 0 Å². The third kappa shape index (κ3) is 4.38. The number of alkyl halides is 3. The normalized spacial score (nSPS) is 14.1. The summed E-state index contributed by atoms with van der Waals surface area (Å²) >= 11 is 0.